The van der Waals surface area contributed by atoms with Gasteiger partial charge in [0.1, 0.15) is 11.4 Å². The van der Waals surface area contributed by atoms with Gasteiger partial charge in [0.15, 0.2) is 5.11 Å². The van der Waals surface area contributed by atoms with Crippen LogP contribution in [-0.4, -0.2) is 12.2 Å². The molecule has 0 radical (unpaired) electrons. The minimum atomic E-state index is -0.450. The number of benzene rings is 2. The molecule has 1 heterocycles. The predicted octanol–water partition coefficient (Wildman–Crippen LogP) is 3.08. The fourth-order valence-electron chi connectivity index (χ4n) is 2.51. The zero-order chi connectivity index (χ0) is 15.7. The third-order valence-corrected chi connectivity index (χ3v) is 4.14. The molecule has 3 rings (SSSR count). The van der Waals surface area contributed by atoms with Gasteiger partial charge in [0.2, 0.25) is 0 Å². The average Bonchev–Trinajstić information content (AvgIpc) is 2.84. The summed E-state index contributed by atoms with van der Waals surface area (Å²) in [6, 6.07) is 16.2. The Morgan fingerprint density at radius 3 is 2.27 bits per heavy atom. The third kappa shape index (κ3) is 2.65. The molecule has 1 saturated heterocycles. The molecule has 1 fully saturated rings. The molecular formula is C17H19N3OS. The molecule has 2 aromatic rings. The summed E-state index contributed by atoms with van der Waals surface area (Å²) in [5.41, 5.74) is 6.32. The fraction of sp³-hybridized carbons (Fsp3) is 0.235. The molecule has 1 atom stereocenters. The monoisotopic (exact) mass is 313 g/mol. The molecule has 0 bridgehead atoms. The highest BCUT2D eigenvalue weighted by molar-refractivity contribution is 7.80. The van der Waals surface area contributed by atoms with E-state index in [-0.39, 0.29) is 0 Å². The maximum atomic E-state index is 5.48. The standard InChI is InChI=1S/C17H19N3OS/c1-12-4-8-14(9-5-12)20-16(22)18-17(2,19-20)13-6-10-15(21-3)11-7-13/h4-11,19H,1-3H3,(H,18,22)/t17-/m1/s1. The van der Waals surface area contributed by atoms with Gasteiger partial charge in [-0.15, -0.1) is 0 Å². The van der Waals surface area contributed by atoms with Crippen molar-refractivity contribution in [3.63, 3.8) is 0 Å². The second-order valence-corrected chi connectivity index (χ2v) is 5.95. The number of hydrogen-bond donors (Lipinski definition) is 2. The van der Waals surface area contributed by atoms with Crippen molar-refractivity contribution in [1.82, 2.24) is 10.7 Å². The van der Waals surface area contributed by atoms with Crippen LogP contribution in [0, 0.1) is 6.92 Å². The molecule has 22 heavy (non-hydrogen) atoms. The van der Waals surface area contributed by atoms with Crippen molar-refractivity contribution in [2.75, 3.05) is 12.1 Å². The molecule has 1 aliphatic rings. The molecule has 2 aromatic carbocycles. The van der Waals surface area contributed by atoms with Gasteiger partial charge in [0, 0.05) is 0 Å². The van der Waals surface area contributed by atoms with E-state index in [4.69, 9.17) is 17.0 Å². The zero-order valence-corrected chi connectivity index (χ0v) is 13.7. The van der Waals surface area contributed by atoms with Crippen molar-refractivity contribution in [2.45, 2.75) is 19.5 Å². The van der Waals surface area contributed by atoms with Crippen molar-refractivity contribution in [1.29, 1.82) is 0 Å². The Labute approximate surface area is 136 Å². The average molecular weight is 313 g/mol. The highest BCUT2D eigenvalue weighted by Gasteiger charge is 2.38. The molecular weight excluding hydrogens is 294 g/mol. The van der Waals surface area contributed by atoms with Crippen LogP contribution < -0.4 is 20.5 Å². The Balaban J connectivity index is 1.87. The largest absolute Gasteiger partial charge is 0.497 e. The van der Waals surface area contributed by atoms with Crippen LogP contribution in [0.25, 0.3) is 0 Å². The maximum Gasteiger partial charge on any atom is 0.190 e. The number of hydrazine groups is 1. The molecule has 0 unspecified atom stereocenters. The van der Waals surface area contributed by atoms with Gasteiger partial charge in [0.25, 0.3) is 0 Å². The molecule has 4 nitrogen and oxygen atoms in total. The summed E-state index contributed by atoms with van der Waals surface area (Å²) in [4.78, 5) is 0. The van der Waals surface area contributed by atoms with E-state index in [2.05, 4.69) is 48.9 Å². The second-order valence-electron chi connectivity index (χ2n) is 5.57. The van der Waals surface area contributed by atoms with Gasteiger partial charge in [-0.25, -0.2) is 5.01 Å². The summed E-state index contributed by atoms with van der Waals surface area (Å²) < 4.78 is 5.21. The molecule has 0 aliphatic carbocycles. The van der Waals surface area contributed by atoms with Crippen LogP contribution in [0.2, 0.25) is 0 Å². The number of methoxy groups -OCH3 is 1. The van der Waals surface area contributed by atoms with E-state index in [0.717, 1.165) is 17.0 Å². The molecule has 5 heteroatoms. The lowest BCUT2D eigenvalue weighted by molar-refractivity contribution is 0.386. The number of nitrogens with one attached hydrogen (secondary N) is 2. The van der Waals surface area contributed by atoms with Crippen LogP contribution >= 0.6 is 12.2 Å². The SMILES string of the molecule is COc1ccc([C@]2(C)NC(=S)N(c3ccc(C)cc3)N2)cc1. The molecule has 0 aromatic heterocycles. The maximum absolute atomic E-state index is 5.48. The number of hydrogen-bond acceptors (Lipinski definition) is 3. The number of aryl methyl sites for hydroxylation is 1. The Morgan fingerprint density at radius 2 is 1.68 bits per heavy atom. The highest BCUT2D eigenvalue weighted by Crippen LogP contribution is 2.27. The van der Waals surface area contributed by atoms with E-state index in [1.165, 1.54) is 5.56 Å². The van der Waals surface area contributed by atoms with E-state index in [1.54, 1.807) is 7.11 Å². The normalized spacial score (nSPS) is 20.9. The lowest BCUT2D eigenvalue weighted by Crippen LogP contribution is -2.45. The van der Waals surface area contributed by atoms with E-state index >= 15 is 0 Å². The minimum absolute atomic E-state index is 0.450. The van der Waals surface area contributed by atoms with Gasteiger partial charge in [-0.2, -0.15) is 5.43 Å². The van der Waals surface area contributed by atoms with Crippen molar-refractivity contribution >= 4 is 23.0 Å². The topological polar surface area (TPSA) is 36.5 Å². The Bertz CT molecular complexity index is 684. The Kier molecular flexibility index (Phi) is 3.76. The fourth-order valence-corrected chi connectivity index (χ4v) is 2.86. The molecule has 2 N–H and O–H groups in total. The number of ether oxygens (including phenoxy) is 1. The van der Waals surface area contributed by atoms with Crippen LogP contribution in [-0.2, 0) is 5.66 Å². The first-order chi connectivity index (χ1) is 10.5. The van der Waals surface area contributed by atoms with Gasteiger partial charge in [-0.1, -0.05) is 29.8 Å². The number of nitrogens with zero attached hydrogens (tertiary/aromatic N) is 1. The summed E-state index contributed by atoms with van der Waals surface area (Å²) in [6.07, 6.45) is 0. The quantitative estimate of drug-likeness (QED) is 0.852. The lowest BCUT2D eigenvalue weighted by atomic mass is 10.0. The van der Waals surface area contributed by atoms with Gasteiger partial charge < -0.3 is 10.1 Å². The third-order valence-electron chi connectivity index (χ3n) is 3.85. The molecule has 114 valence electrons. The summed E-state index contributed by atoms with van der Waals surface area (Å²) in [7, 11) is 1.66. The smallest absolute Gasteiger partial charge is 0.190 e. The van der Waals surface area contributed by atoms with Crippen molar-refractivity contribution < 1.29 is 4.74 Å². The van der Waals surface area contributed by atoms with E-state index in [0.29, 0.717) is 5.11 Å². The number of anilines is 1. The number of rotatable bonds is 3. The van der Waals surface area contributed by atoms with Gasteiger partial charge in [0.05, 0.1) is 12.8 Å². The van der Waals surface area contributed by atoms with Gasteiger partial charge in [-0.3, -0.25) is 0 Å². The Hall–Kier alpha value is -2.11. The van der Waals surface area contributed by atoms with Crippen molar-refractivity contribution in [3.05, 3.63) is 59.7 Å². The summed E-state index contributed by atoms with van der Waals surface area (Å²) in [5.74, 6) is 0.836. The summed E-state index contributed by atoms with van der Waals surface area (Å²) in [5, 5.41) is 5.91. The van der Waals surface area contributed by atoms with Gasteiger partial charge in [-0.05, 0) is 55.9 Å². The Morgan fingerprint density at radius 1 is 1.05 bits per heavy atom. The van der Waals surface area contributed by atoms with Crippen LogP contribution in [0.3, 0.4) is 0 Å². The van der Waals surface area contributed by atoms with Crippen LogP contribution in [0.5, 0.6) is 5.75 Å². The predicted molar refractivity (Wildman–Crippen MR) is 92.9 cm³/mol. The van der Waals surface area contributed by atoms with Gasteiger partial charge >= 0.3 is 0 Å². The van der Waals surface area contributed by atoms with Crippen LogP contribution in [0.4, 0.5) is 5.69 Å². The first kappa shape index (κ1) is 14.8. The second kappa shape index (κ2) is 5.59. The van der Waals surface area contributed by atoms with Crippen LogP contribution in [0.15, 0.2) is 48.5 Å². The van der Waals surface area contributed by atoms with Crippen molar-refractivity contribution in [3.8, 4) is 5.75 Å². The van der Waals surface area contributed by atoms with E-state index in [9.17, 15) is 0 Å². The zero-order valence-electron chi connectivity index (χ0n) is 12.9. The summed E-state index contributed by atoms with van der Waals surface area (Å²) >= 11 is 5.48. The molecule has 0 saturated carbocycles. The van der Waals surface area contributed by atoms with E-state index < -0.39 is 5.66 Å². The molecule has 0 spiro atoms. The summed E-state index contributed by atoms with van der Waals surface area (Å²) in [6.45, 7) is 4.13. The first-order valence-corrected chi connectivity index (χ1v) is 7.54. The lowest BCUT2D eigenvalue weighted by Gasteiger charge is -2.26. The van der Waals surface area contributed by atoms with Crippen LogP contribution in [0.1, 0.15) is 18.1 Å². The van der Waals surface area contributed by atoms with Crippen molar-refractivity contribution in [2.24, 2.45) is 0 Å². The first-order valence-electron chi connectivity index (χ1n) is 7.13. The highest BCUT2D eigenvalue weighted by atomic mass is 32.1. The molecule has 1 aliphatic heterocycles. The minimum Gasteiger partial charge on any atom is -0.497 e. The molecule has 0 amide bonds. The number of thiocarbonyl (C=S) groups is 1. The van der Waals surface area contributed by atoms with E-state index in [1.807, 2.05) is 29.3 Å².